The van der Waals surface area contributed by atoms with Gasteiger partial charge < -0.3 is 19.9 Å². The molecule has 1 N–H and O–H groups in total. The SMILES string of the molecule is COc1cccc(C(=O)N2CCC(NC(=O)C3CC(=O)N(Cc4ccccc4)C3)CC2)c1. The van der Waals surface area contributed by atoms with E-state index < -0.39 is 0 Å². The van der Waals surface area contributed by atoms with E-state index in [0.29, 0.717) is 50.3 Å². The fourth-order valence-electron chi connectivity index (χ4n) is 4.39. The molecule has 2 saturated heterocycles. The predicted octanol–water partition coefficient (Wildman–Crippen LogP) is 2.46. The van der Waals surface area contributed by atoms with E-state index in [-0.39, 0.29) is 36.1 Å². The van der Waals surface area contributed by atoms with Crippen molar-refractivity contribution in [1.82, 2.24) is 15.1 Å². The number of piperidine rings is 1. The number of benzene rings is 2. The maximum Gasteiger partial charge on any atom is 0.253 e. The Hall–Kier alpha value is -3.35. The molecule has 1 unspecified atom stereocenters. The summed E-state index contributed by atoms with van der Waals surface area (Å²) in [5.41, 5.74) is 1.67. The third-order valence-electron chi connectivity index (χ3n) is 6.25. The van der Waals surface area contributed by atoms with E-state index in [1.807, 2.05) is 47.4 Å². The molecule has 7 heteroatoms. The summed E-state index contributed by atoms with van der Waals surface area (Å²) < 4.78 is 5.20. The van der Waals surface area contributed by atoms with Gasteiger partial charge in [-0.3, -0.25) is 14.4 Å². The number of ether oxygens (including phenoxy) is 1. The van der Waals surface area contributed by atoms with Gasteiger partial charge in [0.05, 0.1) is 13.0 Å². The summed E-state index contributed by atoms with van der Waals surface area (Å²) in [7, 11) is 1.58. The van der Waals surface area contributed by atoms with Crippen LogP contribution < -0.4 is 10.1 Å². The quantitative estimate of drug-likeness (QED) is 0.756. The van der Waals surface area contributed by atoms with Crippen LogP contribution in [0.25, 0.3) is 0 Å². The lowest BCUT2D eigenvalue weighted by atomic mass is 10.0. The van der Waals surface area contributed by atoms with Gasteiger partial charge in [0.15, 0.2) is 0 Å². The van der Waals surface area contributed by atoms with Gasteiger partial charge in [-0.25, -0.2) is 0 Å². The molecule has 2 aromatic rings. The molecule has 0 saturated carbocycles. The maximum absolute atomic E-state index is 12.8. The van der Waals surface area contributed by atoms with Gasteiger partial charge in [-0.1, -0.05) is 36.4 Å². The van der Waals surface area contributed by atoms with Gasteiger partial charge in [-0.05, 0) is 36.6 Å². The van der Waals surface area contributed by atoms with Gasteiger partial charge in [0, 0.05) is 44.2 Å². The molecule has 168 valence electrons. The van der Waals surface area contributed by atoms with Crippen LogP contribution in [0.3, 0.4) is 0 Å². The third-order valence-corrected chi connectivity index (χ3v) is 6.25. The Morgan fingerprint density at radius 2 is 1.81 bits per heavy atom. The number of hydrogen-bond donors (Lipinski definition) is 1. The van der Waals surface area contributed by atoms with Gasteiger partial charge in [0.25, 0.3) is 5.91 Å². The van der Waals surface area contributed by atoms with Crippen molar-refractivity contribution in [2.24, 2.45) is 5.92 Å². The van der Waals surface area contributed by atoms with Crippen LogP contribution in [0.4, 0.5) is 0 Å². The van der Waals surface area contributed by atoms with Crippen molar-refractivity contribution in [3.8, 4) is 5.75 Å². The Balaban J connectivity index is 1.25. The van der Waals surface area contributed by atoms with Crippen LogP contribution in [0.5, 0.6) is 5.75 Å². The molecule has 0 bridgehead atoms. The number of nitrogens with zero attached hydrogens (tertiary/aromatic N) is 2. The summed E-state index contributed by atoms with van der Waals surface area (Å²) in [4.78, 5) is 41.5. The first-order valence-electron chi connectivity index (χ1n) is 11.1. The Kier molecular flexibility index (Phi) is 6.73. The minimum absolute atomic E-state index is 0.0210. The molecular weight excluding hydrogens is 406 g/mol. The van der Waals surface area contributed by atoms with Crippen molar-refractivity contribution >= 4 is 17.7 Å². The average Bonchev–Trinajstić information content (AvgIpc) is 3.20. The Labute approximate surface area is 188 Å². The molecule has 32 heavy (non-hydrogen) atoms. The summed E-state index contributed by atoms with van der Waals surface area (Å²) in [6.45, 7) is 2.16. The molecular formula is C25H29N3O4. The molecule has 4 rings (SSSR count). The number of carbonyl (C=O) groups is 3. The van der Waals surface area contributed by atoms with Crippen molar-refractivity contribution in [3.63, 3.8) is 0 Å². The zero-order valence-electron chi connectivity index (χ0n) is 18.3. The molecule has 0 aromatic heterocycles. The van der Waals surface area contributed by atoms with E-state index in [9.17, 15) is 14.4 Å². The van der Waals surface area contributed by atoms with Gasteiger partial charge in [0.1, 0.15) is 5.75 Å². The molecule has 7 nitrogen and oxygen atoms in total. The first-order valence-corrected chi connectivity index (χ1v) is 11.1. The van der Waals surface area contributed by atoms with Crippen LogP contribution in [0, 0.1) is 5.92 Å². The molecule has 1 atom stereocenters. The monoisotopic (exact) mass is 435 g/mol. The minimum Gasteiger partial charge on any atom is -0.497 e. The molecule has 0 aliphatic carbocycles. The highest BCUT2D eigenvalue weighted by molar-refractivity contribution is 5.94. The molecule has 3 amide bonds. The summed E-state index contributed by atoms with van der Waals surface area (Å²) in [5.74, 6) is 0.277. The second-order valence-corrected chi connectivity index (χ2v) is 8.47. The van der Waals surface area contributed by atoms with E-state index in [1.54, 1.807) is 24.1 Å². The number of methoxy groups -OCH3 is 1. The second-order valence-electron chi connectivity index (χ2n) is 8.47. The number of likely N-dealkylation sites (tertiary alicyclic amines) is 2. The zero-order chi connectivity index (χ0) is 22.5. The molecule has 2 fully saturated rings. The number of carbonyl (C=O) groups excluding carboxylic acids is 3. The van der Waals surface area contributed by atoms with Crippen LogP contribution in [-0.2, 0) is 16.1 Å². The summed E-state index contributed by atoms with van der Waals surface area (Å²) >= 11 is 0. The molecule has 2 aliphatic rings. The zero-order valence-corrected chi connectivity index (χ0v) is 18.3. The van der Waals surface area contributed by atoms with Crippen LogP contribution in [0.15, 0.2) is 54.6 Å². The fourth-order valence-corrected chi connectivity index (χ4v) is 4.39. The van der Waals surface area contributed by atoms with Crippen molar-refractivity contribution in [1.29, 1.82) is 0 Å². The number of rotatable bonds is 6. The van der Waals surface area contributed by atoms with Crippen molar-refractivity contribution in [2.75, 3.05) is 26.7 Å². The lowest BCUT2D eigenvalue weighted by Gasteiger charge is -2.33. The van der Waals surface area contributed by atoms with Crippen molar-refractivity contribution in [3.05, 3.63) is 65.7 Å². The second kappa shape index (κ2) is 9.85. The van der Waals surface area contributed by atoms with Gasteiger partial charge in [-0.2, -0.15) is 0 Å². The number of nitrogens with one attached hydrogen (secondary N) is 1. The highest BCUT2D eigenvalue weighted by Crippen LogP contribution is 2.22. The van der Waals surface area contributed by atoms with Crippen LogP contribution in [0.1, 0.15) is 35.2 Å². The molecule has 2 aliphatic heterocycles. The maximum atomic E-state index is 12.8. The average molecular weight is 436 g/mol. The lowest BCUT2D eigenvalue weighted by molar-refractivity contribution is -0.129. The van der Waals surface area contributed by atoms with E-state index in [2.05, 4.69) is 5.32 Å². The minimum atomic E-state index is -0.317. The Bertz CT molecular complexity index is 970. The highest BCUT2D eigenvalue weighted by atomic mass is 16.5. The van der Waals surface area contributed by atoms with Crippen molar-refractivity contribution in [2.45, 2.75) is 31.8 Å². The number of hydrogen-bond acceptors (Lipinski definition) is 4. The molecule has 2 aromatic carbocycles. The standard InChI is InChI=1S/C25H29N3O4/c1-32-22-9-5-8-19(14-22)25(31)27-12-10-21(11-13-27)26-24(30)20-15-23(29)28(17-20)16-18-6-3-2-4-7-18/h2-9,14,20-21H,10-13,15-17H2,1H3,(H,26,30). The summed E-state index contributed by atoms with van der Waals surface area (Å²) in [5, 5.41) is 3.11. The van der Waals surface area contributed by atoms with E-state index in [0.717, 1.165) is 5.56 Å². The summed E-state index contributed by atoms with van der Waals surface area (Å²) in [6, 6.07) is 17.0. The normalized spacial score (nSPS) is 19.2. The smallest absolute Gasteiger partial charge is 0.253 e. The summed E-state index contributed by atoms with van der Waals surface area (Å²) in [6.07, 6.45) is 1.66. The third kappa shape index (κ3) is 5.10. The molecule has 0 spiro atoms. The van der Waals surface area contributed by atoms with Crippen LogP contribution >= 0.6 is 0 Å². The van der Waals surface area contributed by atoms with Gasteiger partial charge in [0.2, 0.25) is 11.8 Å². The Morgan fingerprint density at radius 3 is 2.53 bits per heavy atom. The Morgan fingerprint density at radius 1 is 1.06 bits per heavy atom. The van der Waals surface area contributed by atoms with E-state index in [4.69, 9.17) is 4.74 Å². The van der Waals surface area contributed by atoms with E-state index in [1.165, 1.54) is 0 Å². The molecule has 0 radical (unpaired) electrons. The van der Waals surface area contributed by atoms with Crippen molar-refractivity contribution < 1.29 is 19.1 Å². The van der Waals surface area contributed by atoms with E-state index >= 15 is 0 Å². The first kappa shape index (κ1) is 21.9. The molecule has 2 heterocycles. The van der Waals surface area contributed by atoms with Gasteiger partial charge >= 0.3 is 0 Å². The first-order chi connectivity index (χ1) is 15.5. The number of amides is 3. The van der Waals surface area contributed by atoms with Crippen LogP contribution in [-0.4, -0.2) is 60.3 Å². The fraction of sp³-hybridized carbons (Fsp3) is 0.400. The predicted molar refractivity (Wildman–Crippen MR) is 120 cm³/mol. The topological polar surface area (TPSA) is 79.0 Å². The van der Waals surface area contributed by atoms with Crippen LogP contribution in [0.2, 0.25) is 0 Å². The van der Waals surface area contributed by atoms with Gasteiger partial charge in [-0.15, -0.1) is 0 Å². The largest absolute Gasteiger partial charge is 0.497 e. The lowest BCUT2D eigenvalue weighted by Crippen LogP contribution is -2.48. The highest BCUT2D eigenvalue weighted by Gasteiger charge is 2.35.